The maximum Gasteiger partial charge on any atom is 0.207 e. The van der Waals surface area contributed by atoms with E-state index in [0.717, 1.165) is 45.3 Å². The number of aromatic amines is 1. The third kappa shape index (κ3) is 2.92. The molecule has 0 atom stereocenters. The number of imidazole rings is 1. The predicted molar refractivity (Wildman–Crippen MR) is 104 cm³/mol. The lowest BCUT2D eigenvalue weighted by Crippen LogP contribution is -2.32. The summed E-state index contributed by atoms with van der Waals surface area (Å²) in [5, 5.41) is 3.86. The third-order valence-electron chi connectivity index (χ3n) is 4.75. The van der Waals surface area contributed by atoms with Crippen LogP contribution in [0.25, 0.3) is 33.3 Å². The first-order valence-corrected chi connectivity index (χ1v) is 8.59. The van der Waals surface area contributed by atoms with Gasteiger partial charge >= 0.3 is 0 Å². The summed E-state index contributed by atoms with van der Waals surface area (Å²) in [5.74, 6) is 0.805. The molecule has 26 heavy (non-hydrogen) atoms. The lowest BCUT2D eigenvalue weighted by Gasteiger charge is -2.24. The number of H-pyrrole nitrogens is 1. The zero-order valence-corrected chi connectivity index (χ0v) is 14.8. The number of hydrogen-bond donors (Lipinski definition) is 2. The summed E-state index contributed by atoms with van der Waals surface area (Å²) in [4.78, 5) is 23.2. The van der Waals surface area contributed by atoms with Crippen molar-refractivity contribution in [3.63, 3.8) is 0 Å². The average molecular weight is 344 g/mol. The van der Waals surface area contributed by atoms with Crippen LogP contribution in [0.1, 0.15) is 19.4 Å². The Morgan fingerprint density at radius 2 is 1.96 bits per heavy atom. The number of aromatic nitrogens is 3. The van der Waals surface area contributed by atoms with Crippen LogP contribution in [-0.4, -0.2) is 27.9 Å². The molecule has 2 N–H and O–H groups in total. The van der Waals surface area contributed by atoms with Crippen molar-refractivity contribution >= 4 is 28.3 Å². The Hall–Kier alpha value is -3.21. The second-order valence-corrected chi connectivity index (χ2v) is 7.12. The zero-order valence-electron chi connectivity index (χ0n) is 14.8. The molecule has 2 heterocycles. The van der Waals surface area contributed by atoms with Gasteiger partial charge in [-0.1, -0.05) is 38.1 Å². The molecule has 0 unspecified atom stereocenters. The van der Waals surface area contributed by atoms with E-state index in [1.807, 2.05) is 30.5 Å². The van der Waals surface area contributed by atoms with Crippen molar-refractivity contribution in [2.24, 2.45) is 0 Å². The molecule has 0 saturated heterocycles. The lowest BCUT2D eigenvalue weighted by molar-refractivity contribution is -0.109. The summed E-state index contributed by atoms with van der Waals surface area (Å²) < 4.78 is 0. The molecule has 0 aliphatic rings. The minimum absolute atomic E-state index is 0.162. The number of pyridine rings is 1. The quantitative estimate of drug-likeness (QED) is 0.541. The van der Waals surface area contributed by atoms with Crippen molar-refractivity contribution < 1.29 is 4.79 Å². The molecule has 0 bridgehead atoms. The van der Waals surface area contributed by atoms with Gasteiger partial charge in [0.05, 0.1) is 16.6 Å². The molecule has 130 valence electrons. The van der Waals surface area contributed by atoms with E-state index in [1.54, 1.807) is 0 Å². The molecule has 2 aromatic carbocycles. The monoisotopic (exact) mass is 344 g/mol. The molecule has 1 amide bonds. The molecule has 4 aromatic rings. The van der Waals surface area contributed by atoms with Gasteiger partial charge in [-0.15, -0.1) is 0 Å². The molecule has 0 aliphatic carbocycles. The predicted octanol–water partition coefficient (Wildman–Crippen LogP) is 3.80. The largest absolute Gasteiger partial charge is 0.358 e. The number of fused-ring (bicyclic) bond motifs is 2. The third-order valence-corrected chi connectivity index (χ3v) is 4.75. The molecular weight excluding hydrogens is 324 g/mol. The summed E-state index contributed by atoms with van der Waals surface area (Å²) in [6.45, 7) is 4.79. The number of carbonyl (C=O) groups excluding carboxylic acids is 1. The highest BCUT2D eigenvalue weighted by Gasteiger charge is 2.21. The topological polar surface area (TPSA) is 70.7 Å². The Morgan fingerprint density at radius 3 is 2.81 bits per heavy atom. The minimum Gasteiger partial charge on any atom is -0.358 e. The first-order chi connectivity index (χ1) is 12.6. The van der Waals surface area contributed by atoms with Gasteiger partial charge in [-0.05, 0) is 29.8 Å². The standard InChI is InChI=1S/C21H20N4O/c1-21(2,12-22-13-26)16-7-8-18-19(10-16)25-20(24-18)15-9-14-5-3-4-6-17(14)23-11-15/h3-11,13H,12H2,1-2H3,(H,22,26)(H,24,25). The van der Waals surface area contributed by atoms with Crippen LogP contribution >= 0.6 is 0 Å². The minimum atomic E-state index is -0.162. The number of nitrogens with zero attached hydrogens (tertiary/aromatic N) is 2. The molecule has 2 aromatic heterocycles. The van der Waals surface area contributed by atoms with Gasteiger partial charge in [0.25, 0.3) is 0 Å². The maximum absolute atomic E-state index is 10.6. The van der Waals surface area contributed by atoms with Crippen LogP contribution in [-0.2, 0) is 10.2 Å². The first kappa shape index (κ1) is 16.3. The van der Waals surface area contributed by atoms with Gasteiger partial charge in [-0.2, -0.15) is 0 Å². The Morgan fingerprint density at radius 1 is 1.12 bits per heavy atom. The lowest BCUT2D eigenvalue weighted by atomic mass is 9.84. The zero-order chi connectivity index (χ0) is 18.1. The Balaban J connectivity index is 1.74. The summed E-state index contributed by atoms with van der Waals surface area (Å²) in [7, 11) is 0. The van der Waals surface area contributed by atoms with Crippen molar-refractivity contribution in [3.8, 4) is 11.4 Å². The molecule has 0 fully saturated rings. The summed E-state index contributed by atoms with van der Waals surface area (Å²) in [5.41, 5.74) is 4.81. The normalized spacial score (nSPS) is 11.8. The van der Waals surface area contributed by atoms with Gasteiger partial charge in [0.15, 0.2) is 0 Å². The van der Waals surface area contributed by atoms with Crippen molar-refractivity contribution in [2.75, 3.05) is 6.54 Å². The molecule has 5 nitrogen and oxygen atoms in total. The molecular formula is C21H20N4O. The van der Waals surface area contributed by atoms with Gasteiger partial charge in [0, 0.05) is 29.1 Å². The number of nitrogens with one attached hydrogen (secondary N) is 2. The van der Waals surface area contributed by atoms with Crippen LogP contribution in [0, 0.1) is 0 Å². The van der Waals surface area contributed by atoms with Gasteiger partial charge in [-0.25, -0.2) is 4.98 Å². The Bertz CT molecular complexity index is 1100. The van der Waals surface area contributed by atoms with Crippen molar-refractivity contribution in [1.29, 1.82) is 0 Å². The molecule has 0 spiro atoms. The number of amides is 1. The molecule has 0 radical (unpaired) electrons. The van der Waals surface area contributed by atoms with Gasteiger partial charge in [0.2, 0.25) is 6.41 Å². The first-order valence-electron chi connectivity index (χ1n) is 8.59. The van der Waals surface area contributed by atoms with E-state index in [2.05, 4.69) is 53.4 Å². The van der Waals surface area contributed by atoms with E-state index in [-0.39, 0.29) is 5.41 Å². The summed E-state index contributed by atoms with van der Waals surface area (Å²) >= 11 is 0. The van der Waals surface area contributed by atoms with E-state index in [0.29, 0.717) is 6.54 Å². The van der Waals surface area contributed by atoms with E-state index < -0.39 is 0 Å². The number of rotatable bonds is 5. The SMILES string of the molecule is CC(C)(CNC=O)c1ccc2nc(-c3cnc4ccccc4c3)[nH]c2c1. The summed E-state index contributed by atoms with van der Waals surface area (Å²) in [6.07, 6.45) is 2.58. The Kier molecular flexibility index (Phi) is 3.92. The van der Waals surface area contributed by atoms with E-state index in [1.165, 1.54) is 0 Å². The number of para-hydroxylation sites is 1. The fourth-order valence-electron chi connectivity index (χ4n) is 3.17. The van der Waals surface area contributed by atoms with E-state index in [9.17, 15) is 4.79 Å². The second-order valence-electron chi connectivity index (χ2n) is 7.12. The molecule has 4 rings (SSSR count). The number of hydrogen-bond acceptors (Lipinski definition) is 3. The average Bonchev–Trinajstić information content (AvgIpc) is 3.09. The Labute approximate surface area is 151 Å². The van der Waals surface area contributed by atoms with E-state index in [4.69, 9.17) is 4.98 Å². The highest BCUT2D eigenvalue weighted by molar-refractivity contribution is 5.85. The van der Waals surface area contributed by atoms with E-state index >= 15 is 0 Å². The highest BCUT2D eigenvalue weighted by Crippen LogP contribution is 2.28. The van der Waals surface area contributed by atoms with Crippen molar-refractivity contribution in [1.82, 2.24) is 20.3 Å². The van der Waals surface area contributed by atoms with Crippen LogP contribution in [0.2, 0.25) is 0 Å². The number of benzene rings is 2. The van der Waals surface area contributed by atoms with Crippen LogP contribution in [0.4, 0.5) is 0 Å². The van der Waals surface area contributed by atoms with Crippen molar-refractivity contribution in [3.05, 3.63) is 60.3 Å². The van der Waals surface area contributed by atoms with Crippen LogP contribution in [0.15, 0.2) is 54.7 Å². The fourth-order valence-corrected chi connectivity index (χ4v) is 3.17. The fraction of sp³-hybridized carbons (Fsp3) is 0.190. The molecule has 0 saturated carbocycles. The van der Waals surface area contributed by atoms with Crippen molar-refractivity contribution in [2.45, 2.75) is 19.3 Å². The second kappa shape index (κ2) is 6.26. The maximum atomic E-state index is 10.6. The number of carbonyl (C=O) groups is 1. The summed E-state index contributed by atoms with van der Waals surface area (Å²) in [6, 6.07) is 16.3. The van der Waals surface area contributed by atoms with Gasteiger partial charge in [-0.3, -0.25) is 9.78 Å². The molecule has 5 heteroatoms. The molecule has 0 aliphatic heterocycles. The van der Waals surface area contributed by atoms with Crippen LogP contribution < -0.4 is 5.32 Å². The van der Waals surface area contributed by atoms with Gasteiger partial charge < -0.3 is 10.3 Å². The van der Waals surface area contributed by atoms with Gasteiger partial charge in [0.1, 0.15) is 5.82 Å². The van der Waals surface area contributed by atoms with Crippen LogP contribution in [0.3, 0.4) is 0 Å². The van der Waals surface area contributed by atoms with Crippen LogP contribution in [0.5, 0.6) is 0 Å². The highest BCUT2D eigenvalue weighted by atomic mass is 16.1. The smallest absolute Gasteiger partial charge is 0.207 e.